The minimum atomic E-state index is -0.891. The summed E-state index contributed by atoms with van der Waals surface area (Å²) in [5, 5.41) is 3.38. The van der Waals surface area contributed by atoms with Gasteiger partial charge in [0.2, 0.25) is 0 Å². The summed E-state index contributed by atoms with van der Waals surface area (Å²) in [7, 11) is -0.891. The maximum Gasteiger partial charge on any atom is 0.193 e. The molecule has 1 aromatic carbocycles. The van der Waals surface area contributed by atoms with Gasteiger partial charge in [-0.1, -0.05) is 30.3 Å². The fourth-order valence-corrected chi connectivity index (χ4v) is 4.77. The van der Waals surface area contributed by atoms with Crippen molar-refractivity contribution in [3.63, 3.8) is 0 Å². The van der Waals surface area contributed by atoms with Gasteiger partial charge in [-0.3, -0.25) is 9.20 Å². The number of nitrogens with zero attached hydrogens (tertiary/aromatic N) is 2. The molecule has 2 saturated heterocycles. The third-order valence-corrected chi connectivity index (χ3v) is 6.66. The Morgan fingerprint density at radius 3 is 2.76 bits per heavy atom. The van der Waals surface area contributed by atoms with Gasteiger partial charge >= 0.3 is 0 Å². The van der Waals surface area contributed by atoms with E-state index in [4.69, 9.17) is 14.5 Å². The minimum Gasteiger partial charge on any atom is -0.376 e. The standard InChI is InChI=1S/C22H35N3O3S/c1-2-23-22(24-12-16-29(26)18-19-7-4-3-5-8-19)25-13-10-20(11-14-25)28-17-21-9-6-15-27-21/h3-5,7-8,20-21H,2,6,9-18H2,1H3,(H,23,24). The maximum atomic E-state index is 12.3. The number of piperidine rings is 1. The lowest BCUT2D eigenvalue weighted by Gasteiger charge is -2.34. The van der Waals surface area contributed by atoms with Crippen molar-refractivity contribution in [2.75, 3.05) is 45.1 Å². The Morgan fingerprint density at radius 1 is 1.28 bits per heavy atom. The van der Waals surface area contributed by atoms with Crippen molar-refractivity contribution < 1.29 is 13.7 Å². The number of ether oxygens (including phenoxy) is 2. The van der Waals surface area contributed by atoms with Crippen molar-refractivity contribution in [3.8, 4) is 0 Å². The molecule has 1 aromatic rings. The molecular weight excluding hydrogens is 386 g/mol. The van der Waals surface area contributed by atoms with Crippen molar-refractivity contribution >= 4 is 16.8 Å². The Morgan fingerprint density at radius 2 is 2.07 bits per heavy atom. The SMILES string of the molecule is CCNC(=NCCS(=O)Cc1ccccc1)N1CCC(OCC2CCCO2)CC1. The Kier molecular flexibility index (Phi) is 9.44. The van der Waals surface area contributed by atoms with Gasteiger partial charge < -0.3 is 19.7 Å². The second-order valence-electron chi connectivity index (χ2n) is 7.66. The molecule has 0 saturated carbocycles. The van der Waals surface area contributed by atoms with Crippen LogP contribution in [0.2, 0.25) is 0 Å². The molecule has 7 heteroatoms. The first-order valence-corrected chi connectivity index (χ1v) is 12.4. The van der Waals surface area contributed by atoms with Gasteiger partial charge in [-0.2, -0.15) is 0 Å². The van der Waals surface area contributed by atoms with Crippen LogP contribution in [0.4, 0.5) is 0 Å². The molecule has 2 aliphatic heterocycles. The van der Waals surface area contributed by atoms with Crippen LogP contribution in [0.1, 0.15) is 38.2 Å². The molecule has 0 amide bonds. The van der Waals surface area contributed by atoms with Crippen molar-refractivity contribution in [3.05, 3.63) is 35.9 Å². The van der Waals surface area contributed by atoms with Crippen LogP contribution in [0.5, 0.6) is 0 Å². The van der Waals surface area contributed by atoms with Crippen LogP contribution in [-0.2, 0) is 26.0 Å². The Hall–Kier alpha value is -1.44. The van der Waals surface area contributed by atoms with E-state index in [0.29, 0.717) is 30.3 Å². The average molecular weight is 422 g/mol. The number of likely N-dealkylation sites (tertiary alicyclic amines) is 1. The van der Waals surface area contributed by atoms with Gasteiger partial charge in [-0.25, -0.2) is 0 Å². The molecule has 2 heterocycles. The zero-order chi connectivity index (χ0) is 20.3. The van der Waals surface area contributed by atoms with E-state index < -0.39 is 10.8 Å². The first-order valence-electron chi connectivity index (χ1n) is 10.9. The van der Waals surface area contributed by atoms with Crippen molar-refractivity contribution in [2.45, 2.75) is 50.6 Å². The number of benzene rings is 1. The molecule has 2 atom stereocenters. The van der Waals surface area contributed by atoms with E-state index >= 15 is 0 Å². The predicted molar refractivity (Wildman–Crippen MR) is 119 cm³/mol. The summed E-state index contributed by atoms with van der Waals surface area (Å²) in [4.78, 5) is 7.03. The average Bonchev–Trinajstić information content (AvgIpc) is 3.26. The van der Waals surface area contributed by atoms with Crippen LogP contribution in [0, 0.1) is 0 Å². The molecular formula is C22H35N3O3S. The highest BCUT2D eigenvalue weighted by molar-refractivity contribution is 7.84. The highest BCUT2D eigenvalue weighted by atomic mass is 32.2. The van der Waals surface area contributed by atoms with Gasteiger partial charge in [0.05, 0.1) is 25.4 Å². The first-order chi connectivity index (χ1) is 14.2. The fraction of sp³-hybridized carbons (Fsp3) is 0.682. The van der Waals surface area contributed by atoms with Gasteiger partial charge in [0.25, 0.3) is 0 Å². The molecule has 162 valence electrons. The van der Waals surface area contributed by atoms with E-state index in [-0.39, 0.29) is 0 Å². The van der Waals surface area contributed by atoms with Crippen LogP contribution in [0.25, 0.3) is 0 Å². The normalized spacial score (nSPS) is 22.0. The molecule has 0 aliphatic carbocycles. The zero-order valence-electron chi connectivity index (χ0n) is 17.6. The van der Waals surface area contributed by atoms with Crippen LogP contribution in [-0.4, -0.2) is 72.4 Å². The van der Waals surface area contributed by atoms with Crippen molar-refractivity contribution in [1.82, 2.24) is 10.2 Å². The van der Waals surface area contributed by atoms with Gasteiger partial charge in [0, 0.05) is 48.5 Å². The molecule has 2 fully saturated rings. The molecule has 0 radical (unpaired) electrons. The molecule has 3 rings (SSSR count). The van der Waals surface area contributed by atoms with E-state index in [1.165, 1.54) is 0 Å². The molecule has 0 bridgehead atoms. The van der Waals surface area contributed by atoms with Crippen LogP contribution in [0.15, 0.2) is 35.3 Å². The van der Waals surface area contributed by atoms with Crippen molar-refractivity contribution in [1.29, 1.82) is 0 Å². The fourth-order valence-electron chi connectivity index (χ4n) is 3.76. The highest BCUT2D eigenvalue weighted by Gasteiger charge is 2.24. The Balaban J connectivity index is 1.40. The number of hydrogen-bond acceptors (Lipinski definition) is 4. The lowest BCUT2D eigenvalue weighted by atomic mass is 10.1. The molecule has 29 heavy (non-hydrogen) atoms. The number of hydrogen-bond donors (Lipinski definition) is 1. The summed E-state index contributed by atoms with van der Waals surface area (Å²) in [6.07, 6.45) is 4.92. The summed E-state index contributed by atoms with van der Waals surface area (Å²) in [5.74, 6) is 2.12. The Bertz CT molecular complexity index is 642. The number of guanidine groups is 1. The summed E-state index contributed by atoms with van der Waals surface area (Å²) < 4.78 is 24.1. The van der Waals surface area contributed by atoms with Crippen LogP contribution >= 0.6 is 0 Å². The van der Waals surface area contributed by atoms with Gasteiger partial charge in [-0.05, 0) is 38.2 Å². The summed E-state index contributed by atoms with van der Waals surface area (Å²) in [6, 6.07) is 10.0. The topological polar surface area (TPSA) is 63.2 Å². The minimum absolute atomic E-state index is 0.295. The van der Waals surface area contributed by atoms with Gasteiger partial charge in [-0.15, -0.1) is 0 Å². The smallest absolute Gasteiger partial charge is 0.193 e. The van der Waals surface area contributed by atoms with E-state index in [1.807, 2.05) is 30.3 Å². The van der Waals surface area contributed by atoms with Crippen molar-refractivity contribution in [2.24, 2.45) is 4.99 Å². The molecule has 0 spiro atoms. The summed E-state index contributed by atoms with van der Waals surface area (Å²) in [5.41, 5.74) is 1.12. The molecule has 2 unspecified atom stereocenters. The van der Waals surface area contributed by atoms with Gasteiger partial charge in [0.1, 0.15) is 0 Å². The third-order valence-electron chi connectivity index (χ3n) is 5.37. The highest BCUT2D eigenvalue weighted by Crippen LogP contribution is 2.17. The Labute approximate surface area is 177 Å². The van der Waals surface area contributed by atoms with Gasteiger partial charge in [0.15, 0.2) is 5.96 Å². The van der Waals surface area contributed by atoms with Crippen LogP contribution < -0.4 is 5.32 Å². The second-order valence-corrected chi connectivity index (χ2v) is 9.24. The van der Waals surface area contributed by atoms with E-state index in [2.05, 4.69) is 17.1 Å². The molecule has 6 nitrogen and oxygen atoms in total. The molecule has 1 N–H and O–H groups in total. The third kappa shape index (κ3) is 7.72. The van der Waals surface area contributed by atoms with E-state index in [9.17, 15) is 4.21 Å². The monoisotopic (exact) mass is 421 g/mol. The second kappa shape index (κ2) is 12.3. The summed E-state index contributed by atoms with van der Waals surface area (Å²) >= 11 is 0. The summed E-state index contributed by atoms with van der Waals surface area (Å²) in [6.45, 7) is 6.99. The lowest BCUT2D eigenvalue weighted by molar-refractivity contribution is -0.0367. The number of aliphatic imine (C=N–C) groups is 1. The number of nitrogens with one attached hydrogen (secondary N) is 1. The van der Waals surface area contributed by atoms with E-state index in [1.54, 1.807) is 0 Å². The largest absolute Gasteiger partial charge is 0.376 e. The first kappa shape index (κ1) is 22.2. The van der Waals surface area contributed by atoms with E-state index in [0.717, 1.165) is 70.1 Å². The molecule has 2 aliphatic rings. The lowest BCUT2D eigenvalue weighted by Crippen LogP contribution is -2.47. The zero-order valence-corrected chi connectivity index (χ0v) is 18.4. The quantitative estimate of drug-likeness (QED) is 0.490. The predicted octanol–water partition coefficient (Wildman–Crippen LogP) is 2.56. The number of rotatable bonds is 9. The maximum absolute atomic E-state index is 12.3. The molecule has 0 aromatic heterocycles. The van der Waals surface area contributed by atoms with Crippen LogP contribution in [0.3, 0.4) is 0 Å².